The van der Waals surface area contributed by atoms with E-state index in [-0.39, 0.29) is 53.5 Å². The average Bonchev–Trinajstić information content (AvgIpc) is 3.61. The quantitative estimate of drug-likeness (QED) is 0.0374. The number of amides is 2. The molecule has 56 heavy (non-hydrogen) atoms. The molecule has 2 amide bonds. The van der Waals surface area contributed by atoms with Gasteiger partial charge in [0.05, 0.1) is 19.5 Å². The summed E-state index contributed by atoms with van der Waals surface area (Å²) in [5, 5.41) is 34.0. The number of hydrogen-bond donors (Lipinski definition) is 11. The molecule has 1 aliphatic heterocycles. The van der Waals surface area contributed by atoms with Gasteiger partial charge in [0.25, 0.3) is 0 Å². The number of ether oxygens (including phenoxy) is 1. The summed E-state index contributed by atoms with van der Waals surface area (Å²) >= 11 is 3.95. The Labute approximate surface area is 322 Å². The fraction of sp³-hybridized carbons (Fsp3) is 0.640. The van der Waals surface area contributed by atoms with E-state index in [9.17, 15) is 62.7 Å². The van der Waals surface area contributed by atoms with Crippen molar-refractivity contribution < 1.29 is 95.9 Å². The molecule has 1 aliphatic rings. The SMILES string of the molecule is CC(=O)CC(=O)O.CC(C)(COP(=O)(O)OP(=O)(O)OC[C@H]1O[C@@H](n2cnc3c(N)ncnc32)[C@H](O)[C@@H]1OP(=O)(O)O)[C@@H](O)C(=O)NCCC(=O)NCCS.O. The second-order valence-electron chi connectivity index (χ2n) is 12.1. The first kappa shape index (κ1) is 51.0. The second kappa shape index (κ2) is 21.7. The van der Waals surface area contributed by atoms with Gasteiger partial charge in [0.2, 0.25) is 11.8 Å². The first-order chi connectivity index (χ1) is 25.3. The number of ketones is 1. The van der Waals surface area contributed by atoms with Gasteiger partial charge in [-0.05, 0) is 6.92 Å². The zero-order valence-corrected chi connectivity index (χ0v) is 33.3. The lowest BCUT2D eigenvalue weighted by atomic mass is 9.87. The maximum absolute atomic E-state index is 12.6. The number of rotatable bonds is 20. The summed E-state index contributed by atoms with van der Waals surface area (Å²) in [6, 6.07) is 0. The number of aliphatic hydroxyl groups is 2. The monoisotopic (exact) mass is 887 g/mol. The van der Waals surface area contributed by atoms with Gasteiger partial charge in [-0.3, -0.25) is 37.3 Å². The smallest absolute Gasteiger partial charge is 0.481 e. The molecule has 1 fully saturated rings. The summed E-state index contributed by atoms with van der Waals surface area (Å²) in [6.45, 7) is 1.97. The van der Waals surface area contributed by atoms with E-state index in [2.05, 4.69) is 47.0 Å². The largest absolute Gasteiger partial charge is 0.481 e. The van der Waals surface area contributed by atoms with E-state index in [0.29, 0.717) is 12.3 Å². The van der Waals surface area contributed by atoms with Crippen LogP contribution in [0.4, 0.5) is 5.82 Å². The lowest BCUT2D eigenvalue weighted by Gasteiger charge is -2.30. The van der Waals surface area contributed by atoms with E-state index >= 15 is 0 Å². The highest BCUT2D eigenvalue weighted by molar-refractivity contribution is 7.80. The summed E-state index contributed by atoms with van der Waals surface area (Å²) in [7, 11) is -16.3. The van der Waals surface area contributed by atoms with E-state index in [4.69, 9.17) is 24.6 Å². The lowest BCUT2D eigenvalue weighted by molar-refractivity contribution is -0.140. The maximum Gasteiger partial charge on any atom is 0.481 e. The molecule has 0 saturated carbocycles. The van der Waals surface area contributed by atoms with Crippen LogP contribution in [0, 0.1) is 5.41 Å². The van der Waals surface area contributed by atoms with Crippen LogP contribution in [0.2, 0.25) is 0 Å². The zero-order chi connectivity index (χ0) is 41.9. The standard InChI is InChI=1S/C21H36N7O16P3S.C4H6O3.H2O/c1-21(2,16(31)19(32)24-4-3-12(29)23-5-6-48)8-41-47(38,39)44-46(36,37)40-7-11-15(43-45(33,34)35)14(30)20(42-11)28-10-27-13-17(22)25-9-26-18(13)28;1-3(5)2-4(6)7;/h9-11,14-16,20,30-31,48H,3-8H2,1-2H3,(H,23,29)(H,24,32)(H,36,37)(H,38,39)(H2,22,25,26)(H2,33,34,35);2H2,1H3,(H,6,7);1H2/t11-,14-,15-,16+,20-;;/m1../s1. The number of phosphoric ester groups is 3. The van der Waals surface area contributed by atoms with Crippen LogP contribution in [-0.4, -0.2) is 140 Å². The van der Waals surface area contributed by atoms with Crippen LogP contribution in [0.3, 0.4) is 0 Å². The third-order valence-corrected chi connectivity index (χ3v) is 10.2. The molecule has 0 spiro atoms. The van der Waals surface area contributed by atoms with Crippen LogP contribution in [-0.2, 0) is 55.5 Å². The van der Waals surface area contributed by atoms with Crippen LogP contribution in [0.25, 0.3) is 11.2 Å². The third-order valence-electron chi connectivity index (χ3n) is 6.91. The molecule has 0 aromatic carbocycles. The number of imidazole rings is 1. The molecule has 2 aromatic heterocycles. The highest BCUT2D eigenvalue weighted by Crippen LogP contribution is 2.61. The van der Waals surface area contributed by atoms with Crippen LogP contribution in [0.15, 0.2) is 12.7 Å². The zero-order valence-electron chi connectivity index (χ0n) is 29.7. The topological polar surface area (TPSA) is 432 Å². The van der Waals surface area contributed by atoms with Gasteiger partial charge in [-0.15, -0.1) is 0 Å². The molecule has 13 N–H and O–H groups in total. The van der Waals surface area contributed by atoms with Crippen molar-refractivity contribution in [2.75, 3.05) is 37.8 Å². The number of nitrogens with one attached hydrogen (secondary N) is 2. The number of aromatic nitrogens is 4. The molecule has 0 bridgehead atoms. The highest BCUT2D eigenvalue weighted by Gasteiger charge is 2.50. The van der Waals surface area contributed by atoms with Crippen molar-refractivity contribution >= 4 is 76.6 Å². The van der Waals surface area contributed by atoms with E-state index < -0.39 is 84.6 Å². The molecular formula is C25H44N7O20P3S. The van der Waals surface area contributed by atoms with Gasteiger partial charge in [0.1, 0.15) is 48.5 Å². The number of hydrogen-bond acceptors (Lipinski definition) is 19. The molecular weight excluding hydrogens is 843 g/mol. The van der Waals surface area contributed by atoms with Gasteiger partial charge in [-0.2, -0.15) is 16.9 Å². The van der Waals surface area contributed by atoms with Crippen molar-refractivity contribution in [2.45, 2.75) is 64.3 Å². The van der Waals surface area contributed by atoms with Gasteiger partial charge in [0.15, 0.2) is 17.7 Å². The van der Waals surface area contributed by atoms with Gasteiger partial charge in [-0.1, -0.05) is 13.8 Å². The summed E-state index contributed by atoms with van der Waals surface area (Å²) in [5.41, 5.74) is 4.30. The summed E-state index contributed by atoms with van der Waals surface area (Å²) in [4.78, 5) is 94.1. The number of aliphatic hydroxyl groups excluding tert-OH is 2. The summed E-state index contributed by atoms with van der Waals surface area (Å²) in [5.74, 6) is -2.32. The number of carboxylic acids is 1. The normalized spacial score (nSPS) is 21.0. The molecule has 3 heterocycles. The number of aliphatic carboxylic acids is 1. The number of carbonyl (C=O) groups is 4. The Kier molecular flexibility index (Phi) is 19.7. The first-order valence-corrected chi connectivity index (χ1v) is 20.7. The average molecular weight is 888 g/mol. The predicted molar refractivity (Wildman–Crippen MR) is 190 cm³/mol. The van der Waals surface area contributed by atoms with Crippen molar-refractivity contribution in [1.82, 2.24) is 30.2 Å². The molecule has 7 atom stereocenters. The number of phosphoric acid groups is 3. The lowest BCUT2D eigenvalue weighted by Crippen LogP contribution is -2.46. The molecule has 0 radical (unpaired) electrons. The van der Waals surface area contributed by atoms with E-state index in [1.807, 2.05) is 0 Å². The number of carbonyl (C=O) groups excluding carboxylic acids is 3. The molecule has 2 unspecified atom stereocenters. The summed E-state index contributed by atoms with van der Waals surface area (Å²) < 4.78 is 61.7. The third kappa shape index (κ3) is 16.5. The van der Waals surface area contributed by atoms with Crippen LogP contribution in [0.5, 0.6) is 0 Å². The van der Waals surface area contributed by atoms with Crippen LogP contribution in [0.1, 0.15) is 39.8 Å². The van der Waals surface area contributed by atoms with Gasteiger partial charge < -0.3 is 61.5 Å². The fourth-order valence-corrected chi connectivity index (χ4v) is 7.29. The molecule has 1 saturated heterocycles. The number of nitrogens with two attached hydrogens (primary N) is 1. The minimum atomic E-state index is -5.54. The molecule has 3 rings (SSSR count). The predicted octanol–water partition coefficient (Wildman–Crippen LogP) is -2.44. The van der Waals surface area contributed by atoms with Crippen molar-refractivity contribution in [3.8, 4) is 0 Å². The molecule has 320 valence electrons. The Bertz CT molecular complexity index is 1800. The van der Waals surface area contributed by atoms with E-state index in [0.717, 1.165) is 17.2 Å². The number of anilines is 1. The Balaban J connectivity index is 0.00000178. The maximum atomic E-state index is 12.6. The highest BCUT2D eigenvalue weighted by atomic mass is 32.1. The van der Waals surface area contributed by atoms with Crippen LogP contribution >= 0.6 is 36.1 Å². The van der Waals surface area contributed by atoms with Crippen LogP contribution < -0.4 is 16.4 Å². The van der Waals surface area contributed by atoms with E-state index in [1.54, 1.807) is 0 Å². The van der Waals surface area contributed by atoms with Crippen molar-refractivity contribution in [3.63, 3.8) is 0 Å². The number of Topliss-reactive ketones (excluding diaryl/α,β-unsaturated/α-hetero) is 1. The molecule has 2 aromatic rings. The minimum Gasteiger partial charge on any atom is -0.481 e. The molecule has 0 aliphatic carbocycles. The molecule has 31 heteroatoms. The molecule has 27 nitrogen and oxygen atoms in total. The number of carboxylic acid groups (broad SMARTS) is 1. The summed E-state index contributed by atoms with van der Waals surface area (Å²) in [6.07, 6.45) is -7.10. The van der Waals surface area contributed by atoms with Gasteiger partial charge in [-0.25, -0.2) is 28.6 Å². The van der Waals surface area contributed by atoms with Gasteiger partial charge in [0, 0.05) is 30.7 Å². The Morgan fingerprint density at radius 1 is 1.05 bits per heavy atom. The van der Waals surface area contributed by atoms with Crippen molar-refractivity contribution in [2.24, 2.45) is 5.41 Å². The second-order valence-corrected chi connectivity index (χ2v) is 16.7. The Morgan fingerprint density at radius 3 is 2.23 bits per heavy atom. The number of fused-ring (bicyclic) bond motifs is 1. The minimum absolute atomic E-state index is 0. The first-order valence-electron chi connectivity index (χ1n) is 15.5. The fourth-order valence-electron chi connectivity index (χ4n) is 4.35. The van der Waals surface area contributed by atoms with Crippen molar-refractivity contribution in [1.29, 1.82) is 0 Å². The Morgan fingerprint density at radius 2 is 1.68 bits per heavy atom. The van der Waals surface area contributed by atoms with Gasteiger partial charge >= 0.3 is 29.4 Å². The van der Waals surface area contributed by atoms with E-state index in [1.165, 1.54) is 20.8 Å². The van der Waals surface area contributed by atoms with Crippen molar-refractivity contribution in [3.05, 3.63) is 12.7 Å². The number of nitrogen functional groups attached to an aromatic ring is 1. The Hall–Kier alpha value is -3.01. The number of thiol groups is 1. The number of nitrogens with zero attached hydrogens (tertiary/aromatic N) is 4.